The van der Waals surface area contributed by atoms with Gasteiger partial charge in [0.25, 0.3) is 0 Å². The Labute approximate surface area is 151 Å². The number of rotatable bonds is 7. The second kappa shape index (κ2) is 10.7. The zero-order valence-electron chi connectivity index (χ0n) is 12.8. The van der Waals surface area contributed by atoms with Crippen LogP contribution in [0.15, 0.2) is 18.2 Å². The largest absolute Gasteiger partial charge is 0.383 e. The minimum absolute atomic E-state index is 0. The molecular weight excluding hydrogens is 365 g/mol. The number of ether oxygens (including phenoxy) is 1. The molecule has 0 aliphatic carbocycles. The van der Waals surface area contributed by atoms with Gasteiger partial charge < -0.3 is 20.7 Å². The highest BCUT2D eigenvalue weighted by atomic mass is 35.5. The van der Waals surface area contributed by atoms with E-state index in [1.807, 2.05) is 0 Å². The molecule has 0 fully saturated rings. The van der Waals surface area contributed by atoms with Gasteiger partial charge in [0.1, 0.15) is 6.04 Å². The van der Waals surface area contributed by atoms with Gasteiger partial charge >= 0.3 is 0 Å². The number of carbonyl (C=O) groups excluding carboxylic acids is 2. The average Bonchev–Trinajstić information content (AvgIpc) is 2.48. The van der Waals surface area contributed by atoms with Gasteiger partial charge in [-0.05, 0) is 19.1 Å². The van der Waals surface area contributed by atoms with Gasteiger partial charge in [-0.1, -0.05) is 29.3 Å². The Bertz CT molecular complexity index is 523. The van der Waals surface area contributed by atoms with Gasteiger partial charge in [-0.3, -0.25) is 9.59 Å². The van der Waals surface area contributed by atoms with Crippen LogP contribution in [0, 0.1) is 0 Å². The van der Waals surface area contributed by atoms with Crippen molar-refractivity contribution in [3.8, 4) is 0 Å². The van der Waals surface area contributed by atoms with Crippen LogP contribution in [0.25, 0.3) is 0 Å². The number of hydrogen-bond acceptors (Lipinski definition) is 4. The van der Waals surface area contributed by atoms with Crippen molar-refractivity contribution < 1.29 is 14.3 Å². The number of benzene rings is 1. The number of carbonyl (C=O) groups is 2. The summed E-state index contributed by atoms with van der Waals surface area (Å²) in [6, 6.07) is 4.09. The van der Waals surface area contributed by atoms with Crippen molar-refractivity contribution in [2.45, 2.75) is 13.0 Å². The summed E-state index contributed by atoms with van der Waals surface area (Å²) in [5.74, 6) is -0.764. The zero-order chi connectivity index (χ0) is 16.7. The summed E-state index contributed by atoms with van der Waals surface area (Å²) in [4.78, 5) is 25.5. The van der Waals surface area contributed by atoms with Crippen LogP contribution in [0.5, 0.6) is 0 Å². The fraction of sp³-hybridized carbons (Fsp3) is 0.429. The van der Waals surface area contributed by atoms with Crippen molar-refractivity contribution >= 4 is 53.1 Å². The smallest absolute Gasteiger partial charge is 0.244 e. The Kier molecular flexibility index (Phi) is 10.2. The zero-order valence-corrected chi connectivity index (χ0v) is 15.2. The van der Waals surface area contributed by atoms with Gasteiger partial charge in [0, 0.05) is 13.7 Å². The van der Waals surface area contributed by atoms with Crippen molar-refractivity contribution in [3.63, 3.8) is 0 Å². The molecule has 1 rings (SSSR count). The number of likely N-dealkylation sites (N-methyl/N-ethyl adjacent to an activating group) is 1. The summed E-state index contributed by atoms with van der Waals surface area (Å²) in [5.41, 5.74) is 6.01. The molecule has 1 aromatic rings. The Balaban J connectivity index is 0.00000484. The maximum Gasteiger partial charge on any atom is 0.244 e. The molecule has 1 atom stereocenters. The number of para-hydroxylation sites is 1. The Morgan fingerprint density at radius 1 is 1.35 bits per heavy atom. The first-order valence-electron chi connectivity index (χ1n) is 6.67. The van der Waals surface area contributed by atoms with E-state index in [0.29, 0.717) is 22.3 Å². The third-order valence-electron chi connectivity index (χ3n) is 2.92. The van der Waals surface area contributed by atoms with Crippen LogP contribution in [0.4, 0.5) is 5.69 Å². The first-order chi connectivity index (χ1) is 10.4. The number of halogens is 3. The normalized spacial score (nSPS) is 11.3. The second-order valence-electron chi connectivity index (χ2n) is 4.56. The molecule has 0 aliphatic rings. The molecule has 1 aromatic carbocycles. The Morgan fingerprint density at radius 3 is 2.39 bits per heavy atom. The predicted octanol–water partition coefficient (Wildman–Crippen LogP) is 2.18. The van der Waals surface area contributed by atoms with E-state index in [9.17, 15) is 9.59 Å². The standard InChI is InChI=1S/C14H19Cl2N3O3.ClH/c1-3-19(14(21)11(17)8-22-2)7-12(20)18-13-9(15)5-4-6-10(13)16;/h4-6,11H,3,7-8,17H2,1-2H3,(H,18,20);1H. The lowest BCUT2D eigenvalue weighted by Crippen LogP contribution is -2.48. The lowest BCUT2D eigenvalue weighted by molar-refractivity contribution is -0.136. The molecule has 0 bridgehead atoms. The molecule has 23 heavy (non-hydrogen) atoms. The van der Waals surface area contributed by atoms with Crippen molar-refractivity contribution in [1.29, 1.82) is 0 Å². The quantitative estimate of drug-likeness (QED) is 0.754. The van der Waals surface area contributed by atoms with Gasteiger partial charge in [-0.15, -0.1) is 12.4 Å². The summed E-state index contributed by atoms with van der Waals surface area (Å²) < 4.78 is 4.84. The molecule has 0 aliphatic heterocycles. The van der Waals surface area contributed by atoms with Gasteiger partial charge in [0.05, 0.1) is 28.9 Å². The minimum Gasteiger partial charge on any atom is -0.383 e. The van der Waals surface area contributed by atoms with Crippen molar-refractivity contribution in [2.24, 2.45) is 5.73 Å². The third kappa shape index (κ3) is 6.53. The topological polar surface area (TPSA) is 84.7 Å². The molecule has 0 spiro atoms. The molecular formula is C14H20Cl3N3O3. The molecule has 2 amide bonds. The van der Waals surface area contributed by atoms with Crippen LogP contribution in [-0.4, -0.2) is 49.6 Å². The number of anilines is 1. The minimum atomic E-state index is -0.804. The van der Waals surface area contributed by atoms with E-state index in [1.165, 1.54) is 12.0 Å². The molecule has 1 unspecified atom stereocenters. The van der Waals surface area contributed by atoms with Gasteiger partial charge in [-0.2, -0.15) is 0 Å². The first kappa shape index (κ1) is 21.9. The average molecular weight is 385 g/mol. The molecule has 0 heterocycles. The number of methoxy groups -OCH3 is 1. The SMILES string of the molecule is CCN(CC(=O)Nc1c(Cl)cccc1Cl)C(=O)C(N)COC.Cl. The Hall–Kier alpha value is -1.05. The molecule has 0 aromatic heterocycles. The fourth-order valence-electron chi connectivity index (χ4n) is 1.80. The van der Waals surface area contributed by atoms with Crippen LogP contribution in [-0.2, 0) is 14.3 Å². The van der Waals surface area contributed by atoms with E-state index in [-0.39, 0.29) is 31.5 Å². The van der Waals surface area contributed by atoms with Crippen molar-refractivity contribution in [1.82, 2.24) is 4.90 Å². The van der Waals surface area contributed by atoms with E-state index in [4.69, 9.17) is 33.7 Å². The van der Waals surface area contributed by atoms with Gasteiger partial charge in [0.2, 0.25) is 11.8 Å². The monoisotopic (exact) mass is 383 g/mol. The molecule has 3 N–H and O–H groups in total. The van der Waals surface area contributed by atoms with E-state index in [2.05, 4.69) is 5.32 Å². The highest BCUT2D eigenvalue weighted by Crippen LogP contribution is 2.29. The number of nitrogens with zero attached hydrogens (tertiary/aromatic N) is 1. The highest BCUT2D eigenvalue weighted by molar-refractivity contribution is 6.39. The summed E-state index contributed by atoms with van der Waals surface area (Å²) in [7, 11) is 1.45. The van der Waals surface area contributed by atoms with Crippen LogP contribution >= 0.6 is 35.6 Å². The van der Waals surface area contributed by atoms with E-state index < -0.39 is 11.9 Å². The maximum atomic E-state index is 12.1. The van der Waals surface area contributed by atoms with Crippen LogP contribution in [0.2, 0.25) is 10.0 Å². The van der Waals surface area contributed by atoms with E-state index in [0.717, 1.165) is 0 Å². The summed E-state index contributed by atoms with van der Waals surface area (Å²) in [6.45, 7) is 2.05. The summed E-state index contributed by atoms with van der Waals surface area (Å²) >= 11 is 12.0. The van der Waals surface area contributed by atoms with E-state index >= 15 is 0 Å². The number of nitrogens with two attached hydrogens (primary N) is 1. The highest BCUT2D eigenvalue weighted by Gasteiger charge is 2.22. The fourth-order valence-corrected chi connectivity index (χ4v) is 2.29. The Morgan fingerprint density at radius 2 is 1.91 bits per heavy atom. The number of amides is 2. The number of hydrogen-bond donors (Lipinski definition) is 2. The molecule has 0 radical (unpaired) electrons. The molecule has 9 heteroatoms. The molecule has 0 saturated heterocycles. The lowest BCUT2D eigenvalue weighted by Gasteiger charge is -2.23. The summed E-state index contributed by atoms with van der Waals surface area (Å²) in [5, 5.41) is 3.25. The first-order valence-corrected chi connectivity index (χ1v) is 7.43. The number of nitrogens with one attached hydrogen (secondary N) is 1. The van der Waals surface area contributed by atoms with Gasteiger partial charge in [0.15, 0.2) is 0 Å². The molecule has 6 nitrogen and oxygen atoms in total. The van der Waals surface area contributed by atoms with Crippen molar-refractivity contribution in [2.75, 3.05) is 32.1 Å². The van der Waals surface area contributed by atoms with Gasteiger partial charge in [-0.25, -0.2) is 0 Å². The molecule has 0 saturated carbocycles. The maximum absolute atomic E-state index is 12.1. The van der Waals surface area contributed by atoms with Crippen LogP contribution in [0.3, 0.4) is 0 Å². The third-order valence-corrected chi connectivity index (χ3v) is 3.55. The molecule has 130 valence electrons. The lowest BCUT2D eigenvalue weighted by atomic mass is 10.2. The predicted molar refractivity (Wildman–Crippen MR) is 94.4 cm³/mol. The van der Waals surface area contributed by atoms with Crippen LogP contribution < -0.4 is 11.1 Å². The van der Waals surface area contributed by atoms with Crippen LogP contribution in [0.1, 0.15) is 6.92 Å². The van der Waals surface area contributed by atoms with E-state index in [1.54, 1.807) is 25.1 Å². The summed E-state index contributed by atoms with van der Waals surface area (Å²) in [6.07, 6.45) is 0. The van der Waals surface area contributed by atoms with Crippen molar-refractivity contribution in [3.05, 3.63) is 28.2 Å². The second-order valence-corrected chi connectivity index (χ2v) is 5.37.